The third-order valence-corrected chi connectivity index (χ3v) is 6.21. The zero-order valence-corrected chi connectivity index (χ0v) is 17.7. The van der Waals surface area contributed by atoms with Crippen molar-refractivity contribution in [2.24, 2.45) is 0 Å². The first-order valence-electron chi connectivity index (χ1n) is 9.74. The summed E-state index contributed by atoms with van der Waals surface area (Å²) in [5.74, 6) is -1.23. The molecule has 0 saturated carbocycles. The van der Waals surface area contributed by atoms with Gasteiger partial charge in [0.1, 0.15) is 5.82 Å². The number of benzene rings is 2. The van der Waals surface area contributed by atoms with Crippen LogP contribution in [-0.4, -0.2) is 26.8 Å². The van der Waals surface area contributed by atoms with E-state index in [9.17, 15) is 22.4 Å². The first-order chi connectivity index (χ1) is 14.2. The van der Waals surface area contributed by atoms with Crippen LogP contribution < -0.4 is 14.9 Å². The fraction of sp³-hybridized carbons (Fsp3) is 0.333. The fourth-order valence-electron chi connectivity index (χ4n) is 3.35. The Labute approximate surface area is 175 Å². The van der Waals surface area contributed by atoms with Gasteiger partial charge in [-0.1, -0.05) is 13.3 Å². The lowest BCUT2D eigenvalue weighted by Crippen LogP contribution is -2.35. The molecule has 2 amide bonds. The second kappa shape index (κ2) is 8.83. The molecule has 7 nitrogen and oxygen atoms in total. The van der Waals surface area contributed by atoms with E-state index in [4.69, 9.17) is 0 Å². The number of unbranched alkanes of at least 4 members (excludes halogenated alkanes) is 1. The van der Waals surface area contributed by atoms with Gasteiger partial charge >= 0.3 is 0 Å². The summed E-state index contributed by atoms with van der Waals surface area (Å²) in [5, 5.41) is 2.30. The molecule has 2 N–H and O–H groups in total. The Bertz CT molecular complexity index is 1090. The van der Waals surface area contributed by atoms with Crippen LogP contribution in [0.25, 0.3) is 0 Å². The number of nitrogens with one attached hydrogen (secondary N) is 2. The van der Waals surface area contributed by atoms with Gasteiger partial charge in [-0.05, 0) is 54.8 Å². The molecule has 0 unspecified atom stereocenters. The van der Waals surface area contributed by atoms with Crippen molar-refractivity contribution in [1.29, 1.82) is 0 Å². The van der Waals surface area contributed by atoms with Crippen LogP contribution in [0.1, 0.15) is 38.7 Å². The minimum atomic E-state index is -4.03. The summed E-state index contributed by atoms with van der Waals surface area (Å²) in [6.45, 7) is 3.92. The molecule has 0 spiro atoms. The van der Waals surface area contributed by atoms with Gasteiger partial charge in [-0.25, -0.2) is 12.8 Å². The van der Waals surface area contributed by atoms with Crippen LogP contribution in [-0.2, 0) is 26.0 Å². The lowest BCUT2D eigenvalue weighted by atomic mass is 10.00. The quantitative estimate of drug-likeness (QED) is 0.697. The van der Waals surface area contributed by atoms with Crippen LogP contribution >= 0.6 is 0 Å². The Kier molecular flexibility index (Phi) is 6.40. The third-order valence-electron chi connectivity index (χ3n) is 4.83. The van der Waals surface area contributed by atoms with Crippen molar-refractivity contribution in [2.45, 2.75) is 44.4 Å². The zero-order valence-electron chi connectivity index (χ0n) is 16.9. The Morgan fingerprint density at radius 3 is 2.60 bits per heavy atom. The van der Waals surface area contributed by atoms with Crippen molar-refractivity contribution >= 4 is 38.9 Å². The average Bonchev–Trinajstić information content (AvgIpc) is 2.68. The summed E-state index contributed by atoms with van der Waals surface area (Å²) in [4.78, 5) is 24.8. The van der Waals surface area contributed by atoms with E-state index >= 15 is 0 Å². The van der Waals surface area contributed by atoms with Crippen molar-refractivity contribution in [1.82, 2.24) is 0 Å². The van der Waals surface area contributed by atoms with E-state index < -0.39 is 21.7 Å². The molecule has 30 heavy (non-hydrogen) atoms. The largest absolute Gasteiger partial charge is 0.324 e. The van der Waals surface area contributed by atoms with Crippen LogP contribution in [0.3, 0.4) is 0 Å². The van der Waals surface area contributed by atoms with E-state index in [1.807, 2.05) is 0 Å². The van der Waals surface area contributed by atoms with Gasteiger partial charge in [0, 0.05) is 31.3 Å². The van der Waals surface area contributed by atoms with Gasteiger partial charge in [0.2, 0.25) is 11.8 Å². The van der Waals surface area contributed by atoms with E-state index in [-0.39, 0.29) is 16.5 Å². The van der Waals surface area contributed by atoms with Gasteiger partial charge in [-0.2, -0.15) is 0 Å². The summed E-state index contributed by atoms with van der Waals surface area (Å²) < 4.78 is 42.0. The smallest absolute Gasteiger partial charge is 0.261 e. The summed E-state index contributed by atoms with van der Waals surface area (Å²) in [6.07, 6.45) is 2.77. The van der Waals surface area contributed by atoms with Gasteiger partial charge in [0.25, 0.3) is 10.0 Å². The molecule has 0 aromatic heterocycles. The molecule has 0 radical (unpaired) electrons. The summed E-state index contributed by atoms with van der Waals surface area (Å²) >= 11 is 0. The molecule has 0 bridgehead atoms. The number of carbonyl (C=O) groups excluding carboxylic acids is 2. The molecule has 0 fully saturated rings. The van der Waals surface area contributed by atoms with Crippen molar-refractivity contribution < 1.29 is 22.4 Å². The minimum Gasteiger partial charge on any atom is -0.324 e. The van der Waals surface area contributed by atoms with Crippen LogP contribution in [0, 0.1) is 5.82 Å². The van der Waals surface area contributed by atoms with Crippen molar-refractivity contribution in [3.05, 3.63) is 47.8 Å². The summed E-state index contributed by atoms with van der Waals surface area (Å²) in [5.41, 5.74) is 1.93. The fourth-order valence-corrected chi connectivity index (χ4v) is 4.41. The average molecular weight is 434 g/mol. The highest BCUT2D eigenvalue weighted by molar-refractivity contribution is 7.92. The number of sulfonamides is 1. The van der Waals surface area contributed by atoms with Crippen LogP contribution in [0.2, 0.25) is 0 Å². The standard InChI is InChI=1S/C21H24FN3O4S/c1-3-4-11-25-20-9-6-16(12-15(20)5-10-21(25)27)24-30(28,29)17-7-8-19(18(22)13-17)23-14(2)26/h6-9,12-13,24H,3-5,10-11H2,1-2H3,(H,23,26). The summed E-state index contributed by atoms with van der Waals surface area (Å²) in [7, 11) is -4.03. The highest BCUT2D eigenvalue weighted by atomic mass is 32.2. The number of halogens is 1. The summed E-state index contributed by atoms with van der Waals surface area (Å²) in [6, 6.07) is 8.32. The maximum absolute atomic E-state index is 14.1. The Morgan fingerprint density at radius 1 is 1.17 bits per heavy atom. The maximum atomic E-state index is 14.1. The molecule has 1 aliphatic heterocycles. The zero-order chi connectivity index (χ0) is 21.9. The number of hydrogen-bond donors (Lipinski definition) is 2. The monoisotopic (exact) mass is 433 g/mol. The van der Waals surface area contributed by atoms with E-state index in [2.05, 4.69) is 17.0 Å². The molecule has 0 saturated heterocycles. The predicted molar refractivity (Wildman–Crippen MR) is 114 cm³/mol. The Hall–Kier alpha value is -2.94. The predicted octanol–water partition coefficient (Wildman–Crippen LogP) is 3.66. The SMILES string of the molecule is CCCCN1C(=O)CCc2cc(NS(=O)(=O)c3ccc(NC(C)=O)c(F)c3)ccc21. The minimum absolute atomic E-state index is 0.0685. The highest BCUT2D eigenvalue weighted by Crippen LogP contribution is 2.31. The second-order valence-corrected chi connectivity index (χ2v) is 8.85. The molecular weight excluding hydrogens is 409 g/mol. The number of anilines is 3. The molecule has 2 aromatic carbocycles. The Morgan fingerprint density at radius 2 is 1.93 bits per heavy atom. The number of carbonyl (C=O) groups is 2. The van der Waals surface area contributed by atoms with Crippen LogP contribution in [0.15, 0.2) is 41.3 Å². The van der Waals surface area contributed by atoms with Gasteiger partial charge in [-0.3, -0.25) is 14.3 Å². The van der Waals surface area contributed by atoms with Crippen LogP contribution in [0.5, 0.6) is 0 Å². The molecule has 3 rings (SSSR count). The molecule has 2 aromatic rings. The molecular formula is C21H24FN3O4S. The van der Waals surface area contributed by atoms with E-state index in [1.54, 1.807) is 23.1 Å². The van der Waals surface area contributed by atoms with E-state index in [1.165, 1.54) is 19.1 Å². The molecule has 1 aliphatic rings. The highest BCUT2D eigenvalue weighted by Gasteiger charge is 2.24. The van der Waals surface area contributed by atoms with E-state index in [0.29, 0.717) is 25.1 Å². The first-order valence-corrected chi connectivity index (χ1v) is 11.2. The van der Waals surface area contributed by atoms with E-state index in [0.717, 1.165) is 30.2 Å². The third kappa shape index (κ3) is 4.79. The van der Waals surface area contributed by atoms with Gasteiger partial charge in [0.05, 0.1) is 10.6 Å². The molecule has 9 heteroatoms. The lowest BCUT2D eigenvalue weighted by Gasteiger charge is -2.29. The second-order valence-electron chi connectivity index (χ2n) is 7.17. The maximum Gasteiger partial charge on any atom is 0.261 e. The molecule has 0 aliphatic carbocycles. The topological polar surface area (TPSA) is 95.6 Å². The number of aryl methyl sites for hydroxylation is 1. The number of amides is 2. The first kappa shape index (κ1) is 21.8. The number of nitrogens with zero attached hydrogens (tertiary/aromatic N) is 1. The number of fused-ring (bicyclic) bond motifs is 1. The van der Waals surface area contributed by atoms with Gasteiger partial charge in [-0.15, -0.1) is 0 Å². The Balaban J connectivity index is 1.83. The van der Waals surface area contributed by atoms with Crippen molar-refractivity contribution in [3.63, 3.8) is 0 Å². The van der Waals surface area contributed by atoms with Gasteiger partial charge in [0.15, 0.2) is 0 Å². The molecule has 1 heterocycles. The lowest BCUT2D eigenvalue weighted by molar-refractivity contribution is -0.119. The normalized spacial score (nSPS) is 13.7. The van der Waals surface area contributed by atoms with Gasteiger partial charge < -0.3 is 10.2 Å². The molecule has 160 valence electrons. The van der Waals surface area contributed by atoms with Crippen LogP contribution in [0.4, 0.5) is 21.5 Å². The number of hydrogen-bond acceptors (Lipinski definition) is 4. The molecule has 0 atom stereocenters. The van der Waals surface area contributed by atoms with Crippen molar-refractivity contribution in [2.75, 3.05) is 21.5 Å². The number of rotatable bonds is 7. The van der Waals surface area contributed by atoms with Crippen molar-refractivity contribution in [3.8, 4) is 0 Å².